The minimum absolute atomic E-state index is 0.0499. The van der Waals surface area contributed by atoms with Gasteiger partial charge in [0, 0.05) is 5.54 Å². The third kappa shape index (κ3) is 2.01. The molecule has 1 aromatic carbocycles. The highest BCUT2D eigenvalue weighted by Crippen LogP contribution is 2.47. The zero-order valence-electron chi connectivity index (χ0n) is 10.9. The lowest BCUT2D eigenvalue weighted by molar-refractivity contribution is 0.105. The Morgan fingerprint density at radius 1 is 1.12 bits per heavy atom. The monoisotopic (exact) mass is 217 g/mol. The zero-order chi connectivity index (χ0) is 11.9. The first-order valence-electron chi connectivity index (χ1n) is 6.28. The summed E-state index contributed by atoms with van der Waals surface area (Å²) in [7, 11) is 0. The largest absolute Gasteiger partial charge is 0.321 e. The molecule has 1 heteroatoms. The molecule has 0 aromatic heterocycles. The molecular formula is C15H23N. The van der Waals surface area contributed by atoms with E-state index in [1.165, 1.54) is 16.7 Å². The molecule has 2 rings (SSSR count). The fraction of sp³-hybridized carbons (Fsp3) is 0.600. The molecule has 0 amide bonds. The summed E-state index contributed by atoms with van der Waals surface area (Å²) in [5.74, 6) is 1.58. The molecule has 1 nitrogen and oxygen atoms in total. The van der Waals surface area contributed by atoms with E-state index in [1.54, 1.807) is 0 Å². The molecule has 0 heterocycles. The second-order valence-electron chi connectivity index (χ2n) is 5.94. The molecule has 1 fully saturated rings. The van der Waals surface area contributed by atoms with E-state index in [0.717, 1.165) is 24.7 Å². The third-order valence-corrected chi connectivity index (χ3v) is 3.99. The Labute approximate surface area is 99.0 Å². The highest BCUT2D eigenvalue weighted by Gasteiger charge is 2.43. The Morgan fingerprint density at radius 3 is 2.06 bits per heavy atom. The van der Waals surface area contributed by atoms with E-state index in [2.05, 4.69) is 45.9 Å². The molecule has 88 valence electrons. The average Bonchev–Trinajstić information content (AvgIpc) is 2.10. The lowest BCUT2D eigenvalue weighted by atomic mass is 9.61. The van der Waals surface area contributed by atoms with Crippen LogP contribution in [0.1, 0.15) is 43.4 Å². The number of hydrogen-bond acceptors (Lipinski definition) is 1. The van der Waals surface area contributed by atoms with E-state index >= 15 is 0 Å². The van der Waals surface area contributed by atoms with Crippen molar-refractivity contribution in [2.45, 2.75) is 46.1 Å². The van der Waals surface area contributed by atoms with E-state index < -0.39 is 0 Å². The topological polar surface area (TPSA) is 26.0 Å². The van der Waals surface area contributed by atoms with Crippen molar-refractivity contribution in [1.82, 2.24) is 0 Å². The van der Waals surface area contributed by atoms with Gasteiger partial charge in [0.15, 0.2) is 0 Å². The van der Waals surface area contributed by atoms with Crippen molar-refractivity contribution in [2.24, 2.45) is 17.6 Å². The van der Waals surface area contributed by atoms with Gasteiger partial charge in [-0.15, -0.1) is 0 Å². The van der Waals surface area contributed by atoms with Crippen LogP contribution in [0, 0.1) is 25.7 Å². The molecule has 0 spiro atoms. The Hall–Kier alpha value is -0.820. The molecule has 1 aromatic rings. The van der Waals surface area contributed by atoms with Crippen LogP contribution in [-0.4, -0.2) is 0 Å². The van der Waals surface area contributed by atoms with Gasteiger partial charge in [0.1, 0.15) is 0 Å². The Balaban J connectivity index is 2.19. The summed E-state index contributed by atoms with van der Waals surface area (Å²) in [6, 6.07) is 6.72. The van der Waals surface area contributed by atoms with Crippen LogP contribution in [0.25, 0.3) is 0 Å². The fourth-order valence-corrected chi connectivity index (χ4v) is 2.85. The highest BCUT2D eigenvalue weighted by molar-refractivity contribution is 5.35. The van der Waals surface area contributed by atoms with Crippen LogP contribution < -0.4 is 5.73 Å². The molecule has 0 aliphatic heterocycles. The number of aryl methyl sites for hydroxylation is 2. The second-order valence-corrected chi connectivity index (χ2v) is 5.94. The van der Waals surface area contributed by atoms with Crippen LogP contribution in [0.5, 0.6) is 0 Å². The fourth-order valence-electron chi connectivity index (χ4n) is 2.85. The third-order valence-electron chi connectivity index (χ3n) is 3.99. The summed E-state index contributed by atoms with van der Waals surface area (Å²) in [5.41, 5.74) is 10.4. The van der Waals surface area contributed by atoms with E-state index in [0.29, 0.717) is 0 Å². The van der Waals surface area contributed by atoms with Gasteiger partial charge in [0.2, 0.25) is 0 Å². The van der Waals surface area contributed by atoms with Gasteiger partial charge in [-0.3, -0.25) is 0 Å². The molecule has 0 atom stereocenters. The van der Waals surface area contributed by atoms with Crippen molar-refractivity contribution in [3.8, 4) is 0 Å². The molecule has 1 aliphatic carbocycles. The van der Waals surface area contributed by atoms with Crippen LogP contribution in [0.4, 0.5) is 0 Å². The summed E-state index contributed by atoms with van der Waals surface area (Å²) in [6.07, 6.45) is 2.29. The minimum atomic E-state index is -0.0499. The van der Waals surface area contributed by atoms with Crippen LogP contribution >= 0.6 is 0 Å². The van der Waals surface area contributed by atoms with Gasteiger partial charge in [-0.1, -0.05) is 43.2 Å². The van der Waals surface area contributed by atoms with Gasteiger partial charge < -0.3 is 5.73 Å². The molecule has 16 heavy (non-hydrogen) atoms. The Morgan fingerprint density at radius 2 is 1.62 bits per heavy atom. The number of rotatable bonds is 2. The first-order chi connectivity index (χ1) is 7.40. The molecule has 0 radical (unpaired) electrons. The van der Waals surface area contributed by atoms with Gasteiger partial charge in [-0.2, -0.15) is 0 Å². The van der Waals surface area contributed by atoms with Gasteiger partial charge in [-0.05, 0) is 44.1 Å². The van der Waals surface area contributed by atoms with Crippen molar-refractivity contribution in [1.29, 1.82) is 0 Å². The summed E-state index contributed by atoms with van der Waals surface area (Å²) < 4.78 is 0. The van der Waals surface area contributed by atoms with Crippen LogP contribution in [0.15, 0.2) is 18.2 Å². The molecule has 0 bridgehead atoms. The average molecular weight is 217 g/mol. The summed E-state index contributed by atoms with van der Waals surface area (Å²) in [5, 5.41) is 0. The van der Waals surface area contributed by atoms with Gasteiger partial charge >= 0.3 is 0 Å². The van der Waals surface area contributed by atoms with Crippen molar-refractivity contribution >= 4 is 0 Å². The maximum atomic E-state index is 6.49. The predicted octanol–water partition coefficient (Wildman–Crippen LogP) is 3.52. The molecular weight excluding hydrogens is 194 g/mol. The van der Waals surface area contributed by atoms with Gasteiger partial charge in [0.05, 0.1) is 0 Å². The highest BCUT2D eigenvalue weighted by atomic mass is 14.8. The summed E-state index contributed by atoms with van der Waals surface area (Å²) >= 11 is 0. The van der Waals surface area contributed by atoms with E-state index in [1.807, 2.05) is 0 Å². The first kappa shape index (κ1) is 11.7. The Kier molecular flexibility index (Phi) is 2.83. The van der Waals surface area contributed by atoms with Crippen LogP contribution in [-0.2, 0) is 5.54 Å². The summed E-state index contributed by atoms with van der Waals surface area (Å²) in [4.78, 5) is 0. The number of nitrogens with two attached hydrogens (primary N) is 1. The first-order valence-corrected chi connectivity index (χ1v) is 6.28. The van der Waals surface area contributed by atoms with Crippen molar-refractivity contribution in [2.75, 3.05) is 0 Å². The summed E-state index contributed by atoms with van der Waals surface area (Å²) in [6.45, 7) is 8.90. The Bertz CT molecular complexity index is 366. The quantitative estimate of drug-likeness (QED) is 0.806. The maximum Gasteiger partial charge on any atom is 0.0415 e. The van der Waals surface area contributed by atoms with Gasteiger partial charge in [-0.25, -0.2) is 0 Å². The standard InChI is InChI=1S/C15H23N/c1-10(2)13-8-15(16,9-13)14-6-11(3)5-12(4)7-14/h5-7,10,13H,8-9,16H2,1-4H3. The molecule has 2 N–H and O–H groups in total. The van der Waals surface area contributed by atoms with E-state index in [-0.39, 0.29) is 5.54 Å². The van der Waals surface area contributed by atoms with Crippen LogP contribution in [0.2, 0.25) is 0 Å². The van der Waals surface area contributed by atoms with E-state index in [4.69, 9.17) is 5.73 Å². The maximum absolute atomic E-state index is 6.49. The van der Waals surface area contributed by atoms with E-state index in [9.17, 15) is 0 Å². The SMILES string of the molecule is Cc1cc(C)cc(C2(N)CC(C(C)C)C2)c1. The second kappa shape index (κ2) is 3.89. The smallest absolute Gasteiger partial charge is 0.0415 e. The normalized spacial score (nSPS) is 29.2. The minimum Gasteiger partial charge on any atom is -0.321 e. The van der Waals surface area contributed by atoms with Crippen LogP contribution in [0.3, 0.4) is 0 Å². The molecule has 0 unspecified atom stereocenters. The van der Waals surface area contributed by atoms with Crippen molar-refractivity contribution in [3.63, 3.8) is 0 Å². The number of hydrogen-bond donors (Lipinski definition) is 1. The molecule has 0 saturated heterocycles. The molecule has 1 aliphatic rings. The zero-order valence-corrected chi connectivity index (χ0v) is 10.9. The van der Waals surface area contributed by atoms with Crippen molar-refractivity contribution in [3.05, 3.63) is 34.9 Å². The molecule has 1 saturated carbocycles. The predicted molar refractivity (Wildman–Crippen MR) is 69.3 cm³/mol. The van der Waals surface area contributed by atoms with Crippen molar-refractivity contribution < 1.29 is 0 Å². The number of benzene rings is 1. The lowest BCUT2D eigenvalue weighted by Gasteiger charge is -2.47. The van der Waals surface area contributed by atoms with Gasteiger partial charge in [0.25, 0.3) is 0 Å². The lowest BCUT2D eigenvalue weighted by Crippen LogP contribution is -2.50.